The van der Waals surface area contributed by atoms with E-state index >= 15 is 0 Å². The molecule has 1 aromatic rings. The maximum Gasteiger partial charge on any atom is 0.143 e. The topological polar surface area (TPSA) is 58.7 Å². The van der Waals surface area contributed by atoms with Gasteiger partial charge in [0, 0.05) is 12.6 Å². The lowest BCUT2D eigenvalue weighted by atomic mass is 10.0. The van der Waals surface area contributed by atoms with E-state index in [2.05, 4.69) is 18.7 Å². The highest BCUT2D eigenvalue weighted by molar-refractivity contribution is 5.62. The Labute approximate surface area is 108 Å². The lowest BCUT2D eigenvalue weighted by Crippen LogP contribution is -2.38. The van der Waals surface area contributed by atoms with Crippen molar-refractivity contribution >= 4 is 5.69 Å². The van der Waals surface area contributed by atoms with Crippen molar-refractivity contribution in [1.82, 2.24) is 0 Å². The summed E-state index contributed by atoms with van der Waals surface area (Å²) in [6, 6.07) is 5.52. The Kier molecular flexibility index (Phi) is 3.78. The SMILES string of the molecule is CCN1CC(C)Oc2ccc(C(O)C(C)N)cc21. The number of aliphatic hydroxyl groups excluding tert-OH is 1. The van der Waals surface area contributed by atoms with Crippen LogP contribution in [0.4, 0.5) is 5.69 Å². The maximum atomic E-state index is 10.0. The van der Waals surface area contributed by atoms with Gasteiger partial charge < -0.3 is 20.5 Å². The highest BCUT2D eigenvalue weighted by atomic mass is 16.5. The molecule has 0 bridgehead atoms. The van der Waals surface area contributed by atoms with Gasteiger partial charge in [0.2, 0.25) is 0 Å². The first kappa shape index (κ1) is 13.2. The molecule has 1 heterocycles. The van der Waals surface area contributed by atoms with Crippen LogP contribution in [-0.2, 0) is 0 Å². The van der Waals surface area contributed by atoms with E-state index in [9.17, 15) is 5.11 Å². The van der Waals surface area contributed by atoms with Crippen molar-refractivity contribution in [3.63, 3.8) is 0 Å². The Morgan fingerprint density at radius 1 is 1.56 bits per heavy atom. The van der Waals surface area contributed by atoms with Gasteiger partial charge in [0.25, 0.3) is 0 Å². The summed E-state index contributed by atoms with van der Waals surface area (Å²) in [7, 11) is 0. The highest BCUT2D eigenvalue weighted by Gasteiger charge is 2.23. The van der Waals surface area contributed by atoms with Crippen LogP contribution in [0.25, 0.3) is 0 Å². The standard InChI is InChI=1S/C14H22N2O2/c1-4-16-8-9(2)18-13-6-5-11(7-12(13)16)14(17)10(3)15/h5-7,9-10,14,17H,4,8,15H2,1-3H3. The molecule has 1 aliphatic heterocycles. The predicted molar refractivity (Wildman–Crippen MR) is 73.0 cm³/mol. The minimum absolute atomic E-state index is 0.196. The maximum absolute atomic E-state index is 10.0. The average Bonchev–Trinajstić information content (AvgIpc) is 2.36. The third-order valence-corrected chi connectivity index (χ3v) is 3.35. The van der Waals surface area contributed by atoms with Gasteiger partial charge in [-0.15, -0.1) is 0 Å². The van der Waals surface area contributed by atoms with Crippen molar-refractivity contribution in [1.29, 1.82) is 0 Å². The van der Waals surface area contributed by atoms with Crippen LogP contribution in [0, 0.1) is 0 Å². The monoisotopic (exact) mass is 250 g/mol. The third-order valence-electron chi connectivity index (χ3n) is 3.35. The second-order valence-electron chi connectivity index (χ2n) is 5.00. The minimum atomic E-state index is -0.631. The Hall–Kier alpha value is -1.26. The molecule has 0 aromatic heterocycles. The normalized spacial score (nSPS) is 22.1. The number of hydrogen-bond donors (Lipinski definition) is 2. The summed E-state index contributed by atoms with van der Waals surface area (Å²) in [6.45, 7) is 7.80. The van der Waals surface area contributed by atoms with Crippen LogP contribution < -0.4 is 15.4 Å². The zero-order valence-corrected chi connectivity index (χ0v) is 11.3. The first-order chi connectivity index (χ1) is 8.52. The molecule has 0 amide bonds. The summed E-state index contributed by atoms with van der Waals surface area (Å²) >= 11 is 0. The van der Waals surface area contributed by atoms with Crippen molar-refractivity contribution in [2.45, 2.75) is 39.0 Å². The van der Waals surface area contributed by atoms with Gasteiger partial charge in [-0.25, -0.2) is 0 Å². The quantitative estimate of drug-likeness (QED) is 0.857. The number of ether oxygens (including phenoxy) is 1. The van der Waals surface area contributed by atoms with E-state index in [-0.39, 0.29) is 12.1 Å². The number of benzene rings is 1. The Morgan fingerprint density at radius 2 is 2.28 bits per heavy atom. The smallest absolute Gasteiger partial charge is 0.143 e. The van der Waals surface area contributed by atoms with E-state index in [1.807, 2.05) is 18.2 Å². The van der Waals surface area contributed by atoms with Crippen LogP contribution in [-0.4, -0.2) is 30.3 Å². The van der Waals surface area contributed by atoms with E-state index in [0.717, 1.165) is 30.1 Å². The van der Waals surface area contributed by atoms with Gasteiger partial charge in [-0.2, -0.15) is 0 Å². The summed E-state index contributed by atoms with van der Waals surface area (Å²) in [5.41, 5.74) is 7.63. The van der Waals surface area contributed by atoms with E-state index in [1.54, 1.807) is 6.92 Å². The minimum Gasteiger partial charge on any atom is -0.487 e. The zero-order valence-electron chi connectivity index (χ0n) is 11.3. The lowest BCUT2D eigenvalue weighted by Gasteiger charge is -2.35. The second-order valence-corrected chi connectivity index (χ2v) is 5.00. The summed E-state index contributed by atoms with van der Waals surface area (Å²) < 4.78 is 5.80. The molecule has 0 spiro atoms. The molecular weight excluding hydrogens is 228 g/mol. The van der Waals surface area contributed by atoms with Crippen molar-refractivity contribution < 1.29 is 9.84 Å². The van der Waals surface area contributed by atoms with Gasteiger partial charge in [-0.1, -0.05) is 6.07 Å². The molecule has 1 aliphatic rings. The van der Waals surface area contributed by atoms with Crippen LogP contribution in [0.5, 0.6) is 5.75 Å². The van der Waals surface area contributed by atoms with E-state index in [1.165, 1.54) is 0 Å². The highest BCUT2D eigenvalue weighted by Crippen LogP contribution is 2.35. The Morgan fingerprint density at radius 3 is 2.89 bits per heavy atom. The van der Waals surface area contributed by atoms with Crippen molar-refractivity contribution in [3.8, 4) is 5.75 Å². The lowest BCUT2D eigenvalue weighted by molar-refractivity contribution is 0.153. The molecule has 4 heteroatoms. The molecule has 0 saturated carbocycles. The van der Waals surface area contributed by atoms with Crippen LogP contribution >= 0.6 is 0 Å². The van der Waals surface area contributed by atoms with Crippen molar-refractivity contribution in [3.05, 3.63) is 23.8 Å². The third kappa shape index (κ3) is 2.44. The molecule has 100 valence electrons. The van der Waals surface area contributed by atoms with Crippen LogP contribution in [0.2, 0.25) is 0 Å². The number of rotatable bonds is 3. The van der Waals surface area contributed by atoms with Gasteiger partial charge in [0.1, 0.15) is 11.9 Å². The first-order valence-corrected chi connectivity index (χ1v) is 6.52. The predicted octanol–water partition coefficient (Wildman–Crippen LogP) is 1.67. The Bertz CT molecular complexity index is 420. The van der Waals surface area contributed by atoms with Crippen LogP contribution in [0.15, 0.2) is 18.2 Å². The van der Waals surface area contributed by atoms with Crippen molar-refractivity contribution in [2.75, 3.05) is 18.0 Å². The largest absolute Gasteiger partial charge is 0.487 e. The molecule has 3 N–H and O–H groups in total. The number of hydrogen-bond acceptors (Lipinski definition) is 4. The molecule has 0 saturated heterocycles. The molecule has 0 aliphatic carbocycles. The fraction of sp³-hybridized carbons (Fsp3) is 0.571. The molecule has 1 aromatic carbocycles. The molecule has 3 unspecified atom stereocenters. The molecule has 2 rings (SSSR count). The molecular formula is C14H22N2O2. The van der Waals surface area contributed by atoms with Crippen molar-refractivity contribution in [2.24, 2.45) is 5.73 Å². The number of anilines is 1. The summed E-state index contributed by atoms with van der Waals surface area (Å²) in [5, 5.41) is 10.0. The van der Waals surface area contributed by atoms with E-state index < -0.39 is 6.10 Å². The number of fused-ring (bicyclic) bond motifs is 1. The molecule has 0 radical (unpaired) electrons. The fourth-order valence-electron chi connectivity index (χ4n) is 2.33. The van der Waals surface area contributed by atoms with Gasteiger partial charge in [-0.3, -0.25) is 0 Å². The van der Waals surface area contributed by atoms with Gasteiger partial charge >= 0.3 is 0 Å². The first-order valence-electron chi connectivity index (χ1n) is 6.52. The molecule has 0 fully saturated rings. The number of aliphatic hydroxyl groups is 1. The van der Waals surface area contributed by atoms with E-state index in [4.69, 9.17) is 10.5 Å². The Balaban J connectivity index is 2.35. The summed E-state index contributed by atoms with van der Waals surface area (Å²) in [5.74, 6) is 0.885. The number of nitrogens with zero attached hydrogens (tertiary/aromatic N) is 1. The molecule has 18 heavy (non-hydrogen) atoms. The van der Waals surface area contributed by atoms with E-state index in [0.29, 0.717) is 0 Å². The summed E-state index contributed by atoms with van der Waals surface area (Å²) in [6.07, 6.45) is -0.435. The van der Waals surface area contributed by atoms with Gasteiger partial charge in [0.15, 0.2) is 0 Å². The zero-order chi connectivity index (χ0) is 13.3. The van der Waals surface area contributed by atoms with Crippen LogP contribution in [0.3, 0.4) is 0 Å². The van der Waals surface area contributed by atoms with Gasteiger partial charge in [-0.05, 0) is 38.5 Å². The fourth-order valence-corrected chi connectivity index (χ4v) is 2.33. The summed E-state index contributed by atoms with van der Waals surface area (Å²) in [4.78, 5) is 2.26. The number of nitrogens with two attached hydrogens (primary N) is 1. The number of likely N-dealkylation sites (N-methyl/N-ethyl adjacent to an activating group) is 1. The molecule has 4 nitrogen and oxygen atoms in total. The average molecular weight is 250 g/mol. The second kappa shape index (κ2) is 5.16. The molecule has 3 atom stereocenters. The van der Waals surface area contributed by atoms with Gasteiger partial charge in [0.05, 0.1) is 18.3 Å². The van der Waals surface area contributed by atoms with Crippen LogP contribution in [0.1, 0.15) is 32.4 Å².